The lowest BCUT2D eigenvalue weighted by atomic mass is 9.86. The first-order valence-corrected chi connectivity index (χ1v) is 17.4. The predicted octanol–water partition coefficient (Wildman–Crippen LogP) is 8.25. The number of aromatic nitrogens is 6. The molecule has 8 N–H and O–H groups in total. The minimum absolute atomic E-state index is 0.195. The Hall–Kier alpha value is -5.29. The van der Waals surface area contributed by atoms with Crippen LogP contribution in [-0.2, 0) is 0 Å². The lowest BCUT2D eigenvalue weighted by molar-refractivity contribution is 0.102. The molecule has 0 bridgehead atoms. The van der Waals surface area contributed by atoms with E-state index in [1.807, 2.05) is 91.0 Å². The molecular weight excluding hydrogens is 709 g/mol. The molecule has 1 saturated carbocycles. The van der Waals surface area contributed by atoms with Crippen LogP contribution >= 0.6 is 48.9 Å². The van der Waals surface area contributed by atoms with Crippen LogP contribution in [0.25, 0.3) is 11.4 Å². The van der Waals surface area contributed by atoms with E-state index in [-0.39, 0.29) is 24.7 Å². The smallest absolute Gasteiger partial charge is 0.255 e. The van der Waals surface area contributed by atoms with E-state index in [1.165, 1.54) is 0 Å². The first kappa shape index (κ1) is 33.2. The number of aromatic amines is 4. The van der Waals surface area contributed by atoms with Crippen LogP contribution in [0.4, 0.5) is 22.7 Å². The molecule has 16 heteroatoms. The second-order valence-corrected chi connectivity index (χ2v) is 13.1. The van der Waals surface area contributed by atoms with Gasteiger partial charge in [0, 0.05) is 46.5 Å². The average molecular weight is 741 g/mol. The van der Waals surface area contributed by atoms with Crippen LogP contribution in [0.3, 0.4) is 0 Å². The number of anilines is 4. The number of rotatable bonds is 12. The van der Waals surface area contributed by atoms with Gasteiger partial charge in [-0.15, -0.1) is 0 Å². The van der Waals surface area contributed by atoms with E-state index in [9.17, 15) is 4.79 Å². The number of hydrogen-bond acceptors (Lipinski definition) is 9. The zero-order valence-corrected chi connectivity index (χ0v) is 29.6. The molecule has 2 atom stereocenters. The van der Waals surface area contributed by atoms with Crippen LogP contribution in [0, 0.1) is 19.1 Å². The Kier molecular flexibility index (Phi) is 9.75. The Balaban J connectivity index is 0.929. The summed E-state index contributed by atoms with van der Waals surface area (Å²) in [6, 6.07) is 31.0. The molecule has 1 amide bonds. The Bertz CT molecular complexity index is 2350. The molecule has 1 aliphatic carbocycles. The van der Waals surface area contributed by atoms with Gasteiger partial charge in [-0.05, 0) is 128 Å². The summed E-state index contributed by atoms with van der Waals surface area (Å²) in [6.45, 7) is 0.275. The normalized spacial score (nSPS) is 15.1. The van der Waals surface area contributed by atoms with Crippen molar-refractivity contribution in [2.45, 2.75) is 24.9 Å². The largest absolute Gasteiger partial charge is 0.473 e. The summed E-state index contributed by atoms with van der Waals surface area (Å²) in [5.74, 6) is 0.520. The topological polar surface area (TPSA) is 147 Å². The maximum Gasteiger partial charge on any atom is 0.255 e. The number of benzene rings is 4. The number of nitrogens with zero attached hydrogens (tertiary/aromatic N) is 2. The number of carbonyl (C=O) groups excluding carboxylic acids is 1. The van der Waals surface area contributed by atoms with Crippen molar-refractivity contribution in [1.82, 2.24) is 29.5 Å². The van der Waals surface area contributed by atoms with Gasteiger partial charge in [0.25, 0.3) is 5.91 Å². The Labute approximate surface area is 306 Å². The predicted molar refractivity (Wildman–Crippen MR) is 206 cm³/mol. The average Bonchev–Trinajstić information content (AvgIpc) is 3.64. The van der Waals surface area contributed by atoms with Crippen LogP contribution in [0.2, 0.25) is 0 Å². The zero-order valence-electron chi connectivity index (χ0n) is 26.4. The number of carbonyl (C=O) groups is 1. The molecule has 0 spiro atoms. The number of nitrogens with one attached hydrogen (secondary N) is 8. The summed E-state index contributed by atoms with van der Waals surface area (Å²) in [7, 11) is 0. The van der Waals surface area contributed by atoms with Crippen LogP contribution in [0.5, 0.6) is 5.75 Å². The molecule has 2 unspecified atom stereocenters. The van der Waals surface area contributed by atoms with Gasteiger partial charge in [-0.2, -0.15) is 0 Å². The van der Waals surface area contributed by atoms with Gasteiger partial charge in [-0.1, -0.05) is 24.3 Å². The summed E-state index contributed by atoms with van der Waals surface area (Å²) < 4.78 is 11.3. The highest BCUT2D eigenvalue weighted by atomic mass is 32.1. The van der Waals surface area contributed by atoms with Crippen molar-refractivity contribution in [3.05, 3.63) is 122 Å². The highest BCUT2D eigenvalue weighted by Crippen LogP contribution is 2.29. The number of ether oxygens (including phenoxy) is 1. The van der Waals surface area contributed by atoms with Crippen molar-refractivity contribution in [3.63, 3.8) is 0 Å². The summed E-state index contributed by atoms with van der Waals surface area (Å²) in [5.41, 5.74) is 5.48. The molecule has 2 aromatic heterocycles. The van der Waals surface area contributed by atoms with Gasteiger partial charge < -0.3 is 26.0 Å². The zero-order chi connectivity index (χ0) is 34.6. The lowest BCUT2D eigenvalue weighted by Crippen LogP contribution is -2.47. The maximum absolute atomic E-state index is 13.2. The first-order chi connectivity index (χ1) is 24.3. The van der Waals surface area contributed by atoms with Crippen molar-refractivity contribution < 1.29 is 9.53 Å². The van der Waals surface area contributed by atoms with Gasteiger partial charge in [-0.25, -0.2) is 0 Å². The molecule has 7 rings (SSSR count). The van der Waals surface area contributed by atoms with E-state index in [4.69, 9.17) is 53.6 Å². The minimum Gasteiger partial charge on any atom is -0.473 e. The van der Waals surface area contributed by atoms with E-state index in [1.54, 1.807) is 15.2 Å². The van der Waals surface area contributed by atoms with Crippen LogP contribution in [-0.4, -0.2) is 54.3 Å². The number of amides is 1. The van der Waals surface area contributed by atoms with Gasteiger partial charge in [0.15, 0.2) is 25.8 Å². The Morgan fingerprint density at radius 2 is 1.14 bits per heavy atom. The molecule has 4 aromatic carbocycles. The molecule has 6 aromatic rings. The SMILES string of the molecule is O=C(Nc1cccc(-n2c(=S)[nH][nH]c2=S)c1)c1cccc(NC2CCC2Nc2cccc(OCNc3cccc(-n4c(=S)[nH][nH]c4=S)c3)c2)c1. The van der Waals surface area contributed by atoms with Gasteiger partial charge in [-0.3, -0.25) is 34.3 Å². The van der Waals surface area contributed by atoms with E-state index in [0.717, 1.165) is 47.0 Å². The van der Waals surface area contributed by atoms with E-state index < -0.39 is 0 Å². The molecule has 0 aliphatic heterocycles. The molecule has 12 nitrogen and oxygen atoms in total. The number of hydrogen-bond donors (Lipinski definition) is 8. The monoisotopic (exact) mass is 740 g/mol. The van der Waals surface area contributed by atoms with Gasteiger partial charge in [0.05, 0.1) is 11.4 Å². The summed E-state index contributed by atoms with van der Waals surface area (Å²) in [6.07, 6.45) is 2.02. The van der Waals surface area contributed by atoms with Gasteiger partial charge in [0.2, 0.25) is 0 Å². The standard InChI is InChI=1S/C34H32N10O2S4/c45-30(38-23-8-3-11-26(17-23)44-33(49)41-42-34(44)50)20-5-1-7-22(15-20)36-28-13-14-29(28)37-24-9-4-12-27(18-24)46-19-35-21-6-2-10-25(16-21)43-31(47)39-40-32(43)48/h1-12,15-18,28-29,35-37H,13-14,19H2,(H,38,45)(H,39,47)(H,40,48)(H,41,49)(H,42,50). The van der Waals surface area contributed by atoms with Gasteiger partial charge in [0.1, 0.15) is 5.75 Å². The highest BCUT2D eigenvalue weighted by molar-refractivity contribution is 7.72. The van der Waals surface area contributed by atoms with Crippen molar-refractivity contribution in [1.29, 1.82) is 0 Å². The van der Waals surface area contributed by atoms with Crippen molar-refractivity contribution in [3.8, 4) is 17.1 Å². The third-order valence-electron chi connectivity index (χ3n) is 8.28. The molecule has 0 saturated heterocycles. The summed E-state index contributed by atoms with van der Waals surface area (Å²) in [4.78, 5) is 13.2. The molecule has 1 fully saturated rings. The quantitative estimate of drug-likeness (QED) is 0.0459. The number of H-pyrrole nitrogens is 4. The third kappa shape index (κ3) is 7.47. The summed E-state index contributed by atoms with van der Waals surface area (Å²) >= 11 is 21.3. The highest BCUT2D eigenvalue weighted by Gasteiger charge is 2.31. The Morgan fingerprint density at radius 3 is 1.74 bits per heavy atom. The second kappa shape index (κ2) is 14.7. The third-order valence-corrected chi connectivity index (χ3v) is 9.42. The van der Waals surface area contributed by atoms with Crippen LogP contribution in [0.1, 0.15) is 23.2 Å². The fraction of sp³-hybridized carbons (Fsp3) is 0.147. The molecule has 254 valence electrons. The molecule has 0 radical (unpaired) electrons. The Morgan fingerprint density at radius 1 is 0.640 bits per heavy atom. The van der Waals surface area contributed by atoms with E-state index in [0.29, 0.717) is 30.3 Å². The first-order valence-electron chi connectivity index (χ1n) is 15.7. The fourth-order valence-electron chi connectivity index (χ4n) is 5.67. The molecule has 1 aliphatic rings. The molecule has 50 heavy (non-hydrogen) atoms. The lowest BCUT2D eigenvalue weighted by Gasteiger charge is -2.39. The van der Waals surface area contributed by atoms with E-state index >= 15 is 0 Å². The molecule has 2 heterocycles. The second-order valence-electron chi connectivity index (χ2n) is 11.6. The van der Waals surface area contributed by atoms with E-state index in [2.05, 4.69) is 41.7 Å². The fourth-order valence-corrected chi connectivity index (χ4v) is 6.78. The van der Waals surface area contributed by atoms with Crippen LogP contribution in [0.15, 0.2) is 97.1 Å². The van der Waals surface area contributed by atoms with Crippen molar-refractivity contribution in [2.24, 2.45) is 0 Å². The van der Waals surface area contributed by atoms with Gasteiger partial charge >= 0.3 is 0 Å². The maximum atomic E-state index is 13.2. The van der Waals surface area contributed by atoms with Crippen molar-refractivity contribution >= 4 is 77.5 Å². The van der Waals surface area contributed by atoms with Crippen LogP contribution < -0.4 is 26.0 Å². The summed E-state index contributed by atoms with van der Waals surface area (Å²) in [5, 5.41) is 24.9. The molecular formula is C34H32N10O2S4. The minimum atomic E-state index is -0.217. The van der Waals surface area contributed by atoms with Crippen molar-refractivity contribution in [2.75, 3.05) is 28.0 Å².